The van der Waals surface area contributed by atoms with Gasteiger partial charge in [-0.1, -0.05) is 22.0 Å². The average molecular weight is 331 g/mol. The molecule has 1 aromatic carbocycles. The second kappa shape index (κ2) is 6.45. The Balaban J connectivity index is 1.87. The lowest BCUT2D eigenvalue weighted by Crippen LogP contribution is -2.47. The van der Waals surface area contributed by atoms with Gasteiger partial charge in [-0.2, -0.15) is 0 Å². The van der Waals surface area contributed by atoms with Crippen molar-refractivity contribution in [3.8, 4) is 0 Å². The van der Waals surface area contributed by atoms with Crippen LogP contribution in [0.15, 0.2) is 22.7 Å². The van der Waals surface area contributed by atoms with E-state index in [0.717, 1.165) is 17.6 Å². The Morgan fingerprint density at radius 1 is 1.26 bits per heavy atom. The van der Waals surface area contributed by atoms with Crippen molar-refractivity contribution in [1.29, 1.82) is 0 Å². The van der Waals surface area contributed by atoms with Gasteiger partial charge in [-0.15, -0.1) is 0 Å². The Labute approximate surface area is 119 Å². The molecular formula is C13H16BrFN2O2. The molecule has 0 atom stereocenters. The summed E-state index contributed by atoms with van der Waals surface area (Å²) in [4.78, 5) is 14.7. The third-order valence-corrected chi connectivity index (χ3v) is 3.73. The molecule has 1 aromatic rings. The lowest BCUT2D eigenvalue weighted by Gasteiger charge is -2.33. The first-order valence-electron chi connectivity index (χ1n) is 6.15. The van der Waals surface area contributed by atoms with Crippen molar-refractivity contribution in [2.75, 3.05) is 32.7 Å². The van der Waals surface area contributed by atoms with E-state index in [4.69, 9.17) is 5.11 Å². The second-order valence-corrected chi connectivity index (χ2v) is 5.60. The lowest BCUT2D eigenvalue weighted by atomic mass is 10.2. The number of carboxylic acid groups (broad SMARTS) is 1. The summed E-state index contributed by atoms with van der Waals surface area (Å²) < 4.78 is 14.4. The van der Waals surface area contributed by atoms with Crippen LogP contribution >= 0.6 is 15.9 Å². The minimum atomic E-state index is -0.799. The maximum atomic E-state index is 13.7. The summed E-state index contributed by atoms with van der Waals surface area (Å²) in [7, 11) is 0. The van der Waals surface area contributed by atoms with Crippen molar-refractivity contribution >= 4 is 21.9 Å². The van der Waals surface area contributed by atoms with Gasteiger partial charge in [0, 0.05) is 42.8 Å². The van der Waals surface area contributed by atoms with Gasteiger partial charge >= 0.3 is 5.97 Å². The van der Waals surface area contributed by atoms with E-state index in [1.165, 1.54) is 6.07 Å². The number of benzene rings is 1. The molecule has 0 spiro atoms. The third-order valence-electron chi connectivity index (χ3n) is 3.23. The van der Waals surface area contributed by atoms with Gasteiger partial charge in [0.05, 0.1) is 6.54 Å². The van der Waals surface area contributed by atoms with Crippen LogP contribution in [0.2, 0.25) is 0 Å². The zero-order valence-electron chi connectivity index (χ0n) is 10.5. The molecule has 4 nitrogen and oxygen atoms in total. The van der Waals surface area contributed by atoms with Crippen LogP contribution in [-0.4, -0.2) is 53.6 Å². The molecule has 0 aromatic heterocycles. The van der Waals surface area contributed by atoms with E-state index in [0.29, 0.717) is 25.2 Å². The molecule has 1 aliphatic rings. The molecule has 1 fully saturated rings. The van der Waals surface area contributed by atoms with Gasteiger partial charge in [-0.3, -0.25) is 14.6 Å². The van der Waals surface area contributed by atoms with Crippen molar-refractivity contribution in [2.24, 2.45) is 0 Å². The van der Waals surface area contributed by atoms with Gasteiger partial charge in [0.2, 0.25) is 0 Å². The highest BCUT2D eigenvalue weighted by atomic mass is 79.9. The summed E-state index contributed by atoms with van der Waals surface area (Å²) in [5, 5.41) is 8.72. The monoisotopic (exact) mass is 330 g/mol. The number of carboxylic acids is 1. The van der Waals surface area contributed by atoms with Crippen LogP contribution in [0.4, 0.5) is 4.39 Å². The molecule has 6 heteroatoms. The number of aliphatic carboxylic acids is 1. The van der Waals surface area contributed by atoms with E-state index in [-0.39, 0.29) is 12.4 Å². The molecule has 19 heavy (non-hydrogen) atoms. The highest BCUT2D eigenvalue weighted by Gasteiger charge is 2.19. The summed E-state index contributed by atoms with van der Waals surface area (Å²) in [6.07, 6.45) is 0. The van der Waals surface area contributed by atoms with Crippen LogP contribution in [0, 0.1) is 5.82 Å². The molecule has 0 radical (unpaired) electrons. The highest BCUT2D eigenvalue weighted by molar-refractivity contribution is 9.10. The normalized spacial score (nSPS) is 17.6. The topological polar surface area (TPSA) is 43.8 Å². The van der Waals surface area contributed by atoms with E-state index in [1.807, 2.05) is 11.0 Å². The molecule has 1 N–H and O–H groups in total. The van der Waals surface area contributed by atoms with Crippen LogP contribution in [0.5, 0.6) is 0 Å². The van der Waals surface area contributed by atoms with Gasteiger partial charge in [0.25, 0.3) is 0 Å². The zero-order valence-corrected chi connectivity index (χ0v) is 12.1. The molecule has 0 aliphatic carbocycles. The van der Waals surface area contributed by atoms with Gasteiger partial charge < -0.3 is 5.11 Å². The van der Waals surface area contributed by atoms with Crippen molar-refractivity contribution < 1.29 is 14.3 Å². The van der Waals surface area contributed by atoms with Crippen LogP contribution in [-0.2, 0) is 11.3 Å². The van der Waals surface area contributed by atoms with Gasteiger partial charge in [-0.05, 0) is 12.1 Å². The summed E-state index contributed by atoms with van der Waals surface area (Å²) in [6, 6.07) is 5.08. The summed E-state index contributed by atoms with van der Waals surface area (Å²) in [6.45, 7) is 3.61. The number of rotatable bonds is 4. The van der Waals surface area contributed by atoms with Crippen molar-refractivity contribution in [3.05, 3.63) is 34.1 Å². The summed E-state index contributed by atoms with van der Waals surface area (Å²) in [5.41, 5.74) is 0.676. The fourth-order valence-corrected chi connectivity index (χ4v) is 2.52. The standard InChI is InChI=1S/C13H16BrFN2O2/c14-11-2-1-10(12(15)7-11)8-16-3-5-17(6-4-16)9-13(18)19/h1-2,7H,3-6,8-9H2,(H,18,19). The lowest BCUT2D eigenvalue weighted by molar-refractivity contribution is -0.138. The van der Waals surface area contributed by atoms with E-state index in [2.05, 4.69) is 20.8 Å². The first kappa shape index (κ1) is 14.4. The van der Waals surface area contributed by atoms with E-state index >= 15 is 0 Å². The fourth-order valence-electron chi connectivity index (χ4n) is 2.19. The number of carbonyl (C=O) groups is 1. The predicted molar refractivity (Wildman–Crippen MR) is 73.5 cm³/mol. The molecule has 0 saturated carbocycles. The highest BCUT2D eigenvalue weighted by Crippen LogP contribution is 2.17. The smallest absolute Gasteiger partial charge is 0.317 e. The average Bonchev–Trinajstić information content (AvgIpc) is 2.34. The number of hydrogen-bond acceptors (Lipinski definition) is 3. The molecule has 1 aliphatic heterocycles. The number of nitrogens with zero attached hydrogens (tertiary/aromatic N) is 2. The van der Waals surface area contributed by atoms with E-state index in [9.17, 15) is 9.18 Å². The van der Waals surface area contributed by atoms with Crippen molar-refractivity contribution in [3.63, 3.8) is 0 Å². The minimum Gasteiger partial charge on any atom is -0.480 e. The van der Waals surface area contributed by atoms with Crippen LogP contribution < -0.4 is 0 Å². The Kier molecular flexibility index (Phi) is 4.90. The summed E-state index contributed by atoms with van der Waals surface area (Å²) in [5.74, 6) is -1.00. The Hall–Kier alpha value is -0.980. The van der Waals surface area contributed by atoms with Gasteiger partial charge in [0.1, 0.15) is 5.82 Å². The maximum absolute atomic E-state index is 13.7. The molecule has 0 amide bonds. The molecule has 0 unspecified atom stereocenters. The molecule has 1 saturated heterocycles. The fraction of sp³-hybridized carbons (Fsp3) is 0.462. The number of hydrogen-bond donors (Lipinski definition) is 1. The number of piperazine rings is 1. The van der Waals surface area contributed by atoms with Crippen LogP contribution in [0.25, 0.3) is 0 Å². The predicted octanol–water partition coefficient (Wildman–Crippen LogP) is 1.79. The van der Waals surface area contributed by atoms with Gasteiger partial charge in [-0.25, -0.2) is 4.39 Å². The van der Waals surface area contributed by atoms with Crippen LogP contribution in [0.3, 0.4) is 0 Å². The van der Waals surface area contributed by atoms with Gasteiger partial charge in [0.15, 0.2) is 0 Å². The Morgan fingerprint density at radius 2 is 1.89 bits per heavy atom. The third kappa shape index (κ3) is 4.26. The summed E-state index contributed by atoms with van der Waals surface area (Å²) >= 11 is 3.24. The first-order chi connectivity index (χ1) is 9.04. The Bertz CT molecular complexity index is 462. The maximum Gasteiger partial charge on any atom is 0.317 e. The van der Waals surface area contributed by atoms with Crippen molar-refractivity contribution in [2.45, 2.75) is 6.54 Å². The van der Waals surface area contributed by atoms with E-state index < -0.39 is 5.97 Å². The molecule has 1 heterocycles. The molecule has 0 bridgehead atoms. The van der Waals surface area contributed by atoms with E-state index in [1.54, 1.807) is 6.07 Å². The molecule has 2 rings (SSSR count). The Morgan fingerprint density at radius 3 is 2.47 bits per heavy atom. The second-order valence-electron chi connectivity index (χ2n) is 4.68. The molecular weight excluding hydrogens is 315 g/mol. The zero-order chi connectivity index (χ0) is 13.8. The minimum absolute atomic E-state index is 0.0838. The number of halogens is 2. The quantitative estimate of drug-likeness (QED) is 0.914. The van der Waals surface area contributed by atoms with Crippen molar-refractivity contribution in [1.82, 2.24) is 9.80 Å². The molecule has 104 valence electrons. The van der Waals surface area contributed by atoms with Crippen LogP contribution in [0.1, 0.15) is 5.56 Å². The SMILES string of the molecule is O=C(O)CN1CCN(Cc2ccc(Br)cc2F)CC1. The largest absolute Gasteiger partial charge is 0.480 e. The first-order valence-corrected chi connectivity index (χ1v) is 6.94.